The number of aromatic nitrogens is 2. The molecule has 0 unspecified atom stereocenters. The van der Waals surface area contributed by atoms with Crippen LogP contribution in [0.15, 0.2) is 42.5 Å². The lowest BCUT2D eigenvalue weighted by Gasteiger charge is -2.36. The number of nitrogens with one attached hydrogen (secondary N) is 1. The van der Waals surface area contributed by atoms with Crippen molar-refractivity contribution in [1.82, 2.24) is 9.78 Å². The summed E-state index contributed by atoms with van der Waals surface area (Å²) in [5.74, 6) is 0.977. The number of aryl methyl sites for hydroxylation is 1. The van der Waals surface area contributed by atoms with E-state index in [1.807, 2.05) is 11.6 Å². The quantitative estimate of drug-likeness (QED) is 0.527. The van der Waals surface area contributed by atoms with E-state index in [1.165, 1.54) is 16.3 Å². The van der Waals surface area contributed by atoms with E-state index in [-0.39, 0.29) is 11.8 Å². The molecule has 1 aromatic heterocycles. The van der Waals surface area contributed by atoms with E-state index < -0.39 is 0 Å². The smallest absolute Gasteiger partial charge is 0.227 e. The molecule has 1 fully saturated rings. The first kappa shape index (κ1) is 21.6. The highest BCUT2D eigenvalue weighted by Crippen LogP contribution is 2.40. The Hall–Kier alpha value is -2.62. The third-order valence-electron chi connectivity index (χ3n) is 7.15. The average molecular weight is 418 g/mol. The van der Waals surface area contributed by atoms with Gasteiger partial charge >= 0.3 is 0 Å². The molecular formula is C27H35N3O. The molecule has 0 aliphatic heterocycles. The van der Waals surface area contributed by atoms with Gasteiger partial charge in [-0.3, -0.25) is 9.48 Å². The Morgan fingerprint density at radius 3 is 2.42 bits per heavy atom. The maximum Gasteiger partial charge on any atom is 0.227 e. The van der Waals surface area contributed by atoms with Gasteiger partial charge in [-0.1, -0.05) is 63.2 Å². The number of fused-ring (bicyclic) bond motifs is 1. The Morgan fingerprint density at radius 2 is 1.71 bits per heavy atom. The van der Waals surface area contributed by atoms with Gasteiger partial charge in [0.2, 0.25) is 5.91 Å². The maximum absolute atomic E-state index is 13.0. The van der Waals surface area contributed by atoms with Crippen molar-refractivity contribution >= 4 is 22.4 Å². The number of amides is 1. The lowest BCUT2D eigenvalue weighted by molar-refractivity contribution is -0.121. The van der Waals surface area contributed by atoms with E-state index in [2.05, 4.69) is 75.5 Å². The summed E-state index contributed by atoms with van der Waals surface area (Å²) in [6.45, 7) is 11.7. The molecule has 2 aromatic carbocycles. The van der Waals surface area contributed by atoms with E-state index >= 15 is 0 Å². The highest BCUT2D eigenvalue weighted by atomic mass is 16.1. The van der Waals surface area contributed by atoms with Crippen molar-refractivity contribution < 1.29 is 4.79 Å². The monoisotopic (exact) mass is 417 g/mol. The van der Waals surface area contributed by atoms with E-state index in [0.29, 0.717) is 17.9 Å². The Morgan fingerprint density at radius 1 is 1.03 bits per heavy atom. The largest absolute Gasteiger partial charge is 0.323 e. The van der Waals surface area contributed by atoms with E-state index in [4.69, 9.17) is 5.10 Å². The fraction of sp³-hybridized carbons (Fsp3) is 0.481. The van der Waals surface area contributed by atoms with Crippen molar-refractivity contribution in [2.24, 2.45) is 17.3 Å². The second-order valence-electron chi connectivity index (χ2n) is 10.2. The lowest BCUT2D eigenvalue weighted by Crippen LogP contribution is -2.31. The molecule has 4 nitrogen and oxygen atoms in total. The zero-order valence-corrected chi connectivity index (χ0v) is 19.5. The van der Waals surface area contributed by atoms with Crippen LogP contribution in [0.3, 0.4) is 0 Å². The number of rotatable bonds is 4. The lowest BCUT2D eigenvalue weighted by atomic mass is 9.69. The summed E-state index contributed by atoms with van der Waals surface area (Å²) in [5, 5.41) is 10.5. The molecule has 1 amide bonds. The minimum Gasteiger partial charge on any atom is -0.323 e. The van der Waals surface area contributed by atoms with Crippen LogP contribution in [0.1, 0.15) is 63.4 Å². The van der Waals surface area contributed by atoms with Gasteiger partial charge in [-0.15, -0.1) is 0 Å². The highest BCUT2D eigenvalue weighted by molar-refractivity contribution is 5.93. The predicted molar refractivity (Wildman–Crippen MR) is 128 cm³/mol. The molecule has 3 aromatic rings. The van der Waals surface area contributed by atoms with Crippen LogP contribution in [0.4, 0.5) is 5.69 Å². The third kappa shape index (κ3) is 4.53. The van der Waals surface area contributed by atoms with Gasteiger partial charge in [-0.25, -0.2) is 0 Å². The second kappa shape index (κ2) is 8.49. The maximum atomic E-state index is 13.0. The predicted octanol–water partition coefficient (Wildman–Crippen LogP) is 6.49. The number of hydrogen-bond acceptors (Lipinski definition) is 2. The first-order valence-electron chi connectivity index (χ1n) is 11.6. The molecule has 1 saturated carbocycles. The summed E-state index contributed by atoms with van der Waals surface area (Å²) in [7, 11) is 0. The summed E-state index contributed by atoms with van der Waals surface area (Å²) in [5.41, 5.74) is 4.35. The summed E-state index contributed by atoms with van der Waals surface area (Å²) >= 11 is 0. The molecule has 0 bridgehead atoms. The van der Waals surface area contributed by atoms with Gasteiger partial charge < -0.3 is 5.32 Å². The molecule has 4 heteroatoms. The molecule has 1 aliphatic carbocycles. The number of carbonyl (C=O) groups excluding carboxylic acids is 1. The summed E-state index contributed by atoms with van der Waals surface area (Å²) in [6, 6.07) is 14.8. The van der Waals surface area contributed by atoms with Crippen LogP contribution in [0.5, 0.6) is 0 Å². The van der Waals surface area contributed by atoms with E-state index in [9.17, 15) is 4.79 Å². The number of nitrogens with zero attached hydrogens (tertiary/aromatic N) is 2. The molecule has 4 rings (SSSR count). The molecule has 1 aliphatic rings. The minimum atomic E-state index is 0.110. The van der Waals surface area contributed by atoms with Gasteiger partial charge in [0.05, 0.1) is 23.6 Å². The standard InChI is InChI=1S/C27H35N3O/c1-18-25(28-26(31)21-13-15-23(16-14-21)27(3,4)5)19(2)30(29-18)17-22-11-8-10-20-9-6-7-12-24(20)22/h6-12,21,23H,13-17H2,1-5H3,(H,28,31). The van der Waals surface area contributed by atoms with Gasteiger partial charge in [0.25, 0.3) is 0 Å². The Kier molecular flexibility index (Phi) is 5.92. The first-order valence-corrected chi connectivity index (χ1v) is 11.6. The zero-order valence-electron chi connectivity index (χ0n) is 19.5. The zero-order chi connectivity index (χ0) is 22.2. The molecule has 0 radical (unpaired) electrons. The van der Waals surface area contributed by atoms with Crippen LogP contribution in [0.25, 0.3) is 10.8 Å². The number of benzene rings is 2. The van der Waals surface area contributed by atoms with Crippen LogP contribution in [-0.4, -0.2) is 15.7 Å². The fourth-order valence-electron chi connectivity index (χ4n) is 5.07. The highest BCUT2D eigenvalue weighted by Gasteiger charge is 2.32. The van der Waals surface area contributed by atoms with Crippen molar-refractivity contribution in [3.8, 4) is 0 Å². The summed E-state index contributed by atoms with van der Waals surface area (Å²) < 4.78 is 2.02. The number of anilines is 1. The van der Waals surface area contributed by atoms with Gasteiger partial charge in [0, 0.05) is 5.92 Å². The van der Waals surface area contributed by atoms with Crippen LogP contribution >= 0.6 is 0 Å². The Balaban J connectivity index is 1.48. The summed E-state index contributed by atoms with van der Waals surface area (Å²) in [6.07, 6.45) is 4.24. The van der Waals surface area contributed by atoms with Gasteiger partial charge in [-0.05, 0) is 67.2 Å². The second-order valence-corrected chi connectivity index (χ2v) is 10.2. The average Bonchev–Trinajstić information content (AvgIpc) is 3.01. The number of carbonyl (C=O) groups is 1. The van der Waals surface area contributed by atoms with Gasteiger partial charge in [0.15, 0.2) is 0 Å². The summed E-state index contributed by atoms with van der Waals surface area (Å²) in [4.78, 5) is 13.0. The van der Waals surface area contributed by atoms with Crippen molar-refractivity contribution in [3.05, 3.63) is 59.4 Å². The molecule has 1 heterocycles. The molecular weight excluding hydrogens is 382 g/mol. The normalized spacial score (nSPS) is 19.5. The van der Waals surface area contributed by atoms with Gasteiger partial charge in [0.1, 0.15) is 0 Å². The fourth-order valence-corrected chi connectivity index (χ4v) is 5.07. The van der Waals surface area contributed by atoms with Crippen LogP contribution in [-0.2, 0) is 11.3 Å². The molecule has 0 atom stereocenters. The molecule has 31 heavy (non-hydrogen) atoms. The SMILES string of the molecule is Cc1nn(Cc2cccc3ccccc23)c(C)c1NC(=O)C1CCC(C(C)(C)C)CC1. The Bertz CT molecular complexity index is 1080. The van der Waals surface area contributed by atoms with Crippen LogP contribution in [0.2, 0.25) is 0 Å². The van der Waals surface area contributed by atoms with Crippen molar-refractivity contribution in [3.63, 3.8) is 0 Å². The van der Waals surface area contributed by atoms with Crippen LogP contribution < -0.4 is 5.32 Å². The Labute approximate surface area is 186 Å². The van der Waals surface area contributed by atoms with Crippen molar-refractivity contribution in [2.45, 2.75) is 66.8 Å². The van der Waals surface area contributed by atoms with Crippen molar-refractivity contribution in [2.75, 3.05) is 5.32 Å². The first-order chi connectivity index (χ1) is 14.7. The topological polar surface area (TPSA) is 46.9 Å². The third-order valence-corrected chi connectivity index (χ3v) is 7.15. The molecule has 164 valence electrons. The minimum absolute atomic E-state index is 0.110. The van der Waals surface area contributed by atoms with Crippen LogP contribution in [0, 0.1) is 31.1 Å². The molecule has 0 saturated heterocycles. The molecule has 0 spiro atoms. The van der Waals surface area contributed by atoms with E-state index in [1.54, 1.807) is 0 Å². The van der Waals surface area contributed by atoms with Crippen molar-refractivity contribution in [1.29, 1.82) is 0 Å². The molecule has 1 N–H and O–H groups in total. The number of hydrogen-bond donors (Lipinski definition) is 1. The van der Waals surface area contributed by atoms with E-state index in [0.717, 1.165) is 42.8 Å². The van der Waals surface area contributed by atoms with Gasteiger partial charge in [-0.2, -0.15) is 5.10 Å².